The first kappa shape index (κ1) is 19.7. The number of amides is 1. The fraction of sp³-hybridized carbons (Fsp3) is 0.150. The number of rotatable bonds is 7. The molecule has 0 heterocycles. The van der Waals surface area contributed by atoms with E-state index in [1.807, 2.05) is 24.3 Å². The van der Waals surface area contributed by atoms with Crippen molar-refractivity contribution < 1.29 is 19.2 Å². The van der Waals surface area contributed by atoms with E-state index in [1.54, 1.807) is 24.3 Å². The minimum Gasteiger partial charge on any atom is -0.497 e. The van der Waals surface area contributed by atoms with Crippen LogP contribution < -0.4 is 14.8 Å². The van der Waals surface area contributed by atoms with E-state index in [1.165, 1.54) is 27.2 Å². The summed E-state index contributed by atoms with van der Waals surface area (Å²) < 4.78 is 10.6. The fourth-order valence-electron chi connectivity index (χ4n) is 2.43. The number of carbonyl (C=O) groups excluding carboxylic acids is 1. The van der Waals surface area contributed by atoms with Gasteiger partial charge in [0.05, 0.1) is 19.1 Å². The number of methoxy groups -OCH3 is 2. The second kappa shape index (κ2) is 9.19. The van der Waals surface area contributed by atoms with Crippen LogP contribution in [0.2, 0.25) is 0 Å². The van der Waals surface area contributed by atoms with E-state index in [4.69, 9.17) is 9.47 Å². The minimum atomic E-state index is -0.530. The highest BCUT2D eigenvalue weighted by atomic mass is 16.6. The van der Waals surface area contributed by atoms with Gasteiger partial charge in [-0.1, -0.05) is 24.3 Å². The van der Waals surface area contributed by atoms with Gasteiger partial charge in [0.15, 0.2) is 0 Å². The molecule has 0 unspecified atom stereocenters. The highest BCUT2D eigenvalue weighted by Gasteiger charge is 2.09. The highest BCUT2D eigenvalue weighted by Crippen LogP contribution is 2.31. The molecule has 0 aromatic heterocycles. The average Bonchev–Trinajstić information content (AvgIpc) is 2.64. The summed E-state index contributed by atoms with van der Waals surface area (Å²) in [4.78, 5) is 21.2. The molecule has 27 heavy (non-hydrogen) atoms. The van der Waals surface area contributed by atoms with Gasteiger partial charge in [-0.05, 0) is 29.3 Å². The molecule has 0 aliphatic carbocycles. The van der Waals surface area contributed by atoms with Crippen LogP contribution in [0.15, 0.2) is 42.6 Å². The Balaban J connectivity index is 2.39. The van der Waals surface area contributed by atoms with Crippen LogP contribution in [0.5, 0.6) is 11.5 Å². The number of benzene rings is 2. The third-order valence-electron chi connectivity index (χ3n) is 3.65. The molecule has 140 valence electrons. The summed E-state index contributed by atoms with van der Waals surface area (Å²) in [5.41, 5.74) is 2.88. The van der Waals surface area contributed by atoms with Crippen LogP contribution >= 0.6 is 0 Å². The predicted molar refractivity (Wildman–Crippen MR) is 105 cm³/mol. The normalized spacial score (nSPS) is 10.9. The number of nitro groups is 1. The van der Waals surface area contributed by atoms with E-state index in [2.05, 4.69) is 5.32 Å². The maximum absolute atomic E-state index is 11.1. The molecule has 0 aliphatic rings. The summed E-state index contributed by atoms with van der Waals surface area (Å²) >= 11 is 0. The molecule has 1 amide bonds. The highest BCUT2D eigenvalue weighted by molar-refractivity contribution is 5.89. The van der Waals surface area contributed by atoms with E-state index in [-0.39, 0.29) is 5.91 Å². The topological polar surface area (TPSA) is 90.7 Å². The Hall–Kier alpha value is -3.61. The van der Waals surface area contributed by atoms with Gasteiger partial charge in [-0.3, -0.25) is 14.9 Å². The third-order valence-corrected chi connectivity index (χ3v) is 3.65. The number of hydrogen-bond acceptors (Lipinski definition) is 5. The molecular formula is C20H20N2O5. The van der Waals surface area contributed by atoms with Gasteiger partial charge in [0.25, 0.3) is 0 Å². The van der Waals surface area contributed by atoms with Gasteiger partial charge in [-0.15, -0.1) is 0 Å². The maximum atomic E-state index is 11.1. The van der Waals surface area contributed by atoms with Crippen LogP contribution in [0.1, 0.15) is 23.6 Å². The Morgan fingerprint density at radius 1 is 1.07 bits per heavy atom. The maximum Gasteiger partial charge on any atom is 0.235 e. The molecule has 0 spiro atoms. The smallest absolute Gasteiger partial charge is 0.235 e. The van der Waals surface area contributed by atoms with E-state index in [0.29, 0.717) is 28.3 Å². The van der Waals surface area contributed by atoms with Gasteiger partial charge < -0.3 is 14.8 Å². The fourth-order valence-corrected chi connectivity index (χ4v) is 2.43. The SMILES string of the molecule is COc1cc(/C=C/c2ccc(NC(C)=O)cc2)c(/C=C/[N+](=O)[O-])c(OC)c1. The zero-order valence-electron chi connectivity index (χ0n) is 15.3. The summed E-state index contributed by atoms with van der Waals surface area (Å²) in [7, 11) is 3.03. The molecule has 7 nitrogen and oxygen atoms in total. The van der Waals surface area contributed by atoms with Crippen molar-refractivity contribution in [2.24, 2.45) is 0 Å². The van der Waals surface area contributed by atoms with Crippen molar-refractivity contribution in [2.45, 2.75) is 6.92 Å². The Morgan fingerprint density at radius 3 is 2.33 bits per heavy atom. The lowest BCUT2D eigenvalue weighted by molar-refractivity contribution is -0.400. The zero-order chi connectivity index (χ0) is 19.8. The molecule has 7 heteroatoms. The molecule has 0 bridgehead atoms. The number of anilines is 1. The van der Waals surface area contributed by atoms with E-state index < -0.39 is 4.92 Å². The molecule has 2 aromatic carbocycles. The Bertz CT molecular complexity index is 886. The quantitative estimate of drug-likeness (QED) is 0.452. The van der Waals surface area contributed by atoms with Gasteiger partial charge in [0, 0.05) is 30.3 Å². The van der Waals surface area contributed by atoms with Crippen LogP contribution in [0, 0.1) is 10.1 Å². The van der Waals surface area contributed by atoms with Crippen LogP contribution in [0.4, 0.5) is 5.69 Å². The largest absolute Gasteiger partial charge is 0.497 e. The molecule has 0 fully saturated rings. The van der Waals surface area contributed by atoms with Gasteiger partial charge in [0.1, 0.15) is 11.5 Å². The van der Waals surface area contributed by atoms with Crippen molar-refractivity contribution in [1.29, 1.82) is 0 Å². The Labute approximate surface area is 157 Å². The summed E-state index contributed by atoms with van der Waals surface area (Å²) in [5, 5.41) is 13.4. The summed E-state index contributed by atoms with van der Waals surface area (Å²) in [6.07, 6.45) is 5.93. The van der Waals surface area contributed by atoms with Crippen molar-refractivity contribution in [3.63, 3.8) is 0 Å². The monoisotopic (exact) mass is 368 g/mol. The van der Waals surface area contributed by atoms with Gasteiger partial charge in [0.2, 0.25) is 12.1 Å². The lowest BCUT2D eigenvalue weighted by Gasteiger charge is -2.11. The second-order valence-corrected chi connectivity index (χ2v) is 5.57. The molecule has 0 saturated carbocycles. The van der Waals surface area contributed by atoms with Gasteiger partial charge in [-0.25, -0.2) is 0 Å². The second-order valence-electron chi connectivity index (χ2n) is 5.57. The standard InChI is InChI=1S/C20H20N2O5/c1-14(23)21-17-8-5-15(6-9-17)4-7-16-12-18(26-2)13-20(27-3)19(16)10-11-22(24)25/h4-13H,1-3H3,(H,21,23)/b7-4+,11-10+. The average molecular weight is 368 g/mol. The first-order valence-corrected chi connectivity index (χ1v) is 8.06. The molecule has 0 saturated heterocycles. The van der Waals surface area contributed by atoms with Crippen molar-refractivity contribution >= 4 is 29.8 Å². The molecule has 2 aromatic rings. The summed E-state index contributed by atoms with van der Waals surface area (Å²) in [6, 6.07) is 10.7. The lowest BCUT2D eigenvalue weighted by atomic mass is 10.0. The lowest BCUT2D eigenvalue weighted by Crippen LogP contribution is -2.05. The number of ether oxygens (including phenoxy) is 2. The number of hydrogen-bond donors (Lipinski definition) is 1. The van der Waals surface area contributed by atoms with Crippen LogP contribution in [0.3, 0.4) is 0 Å². The van der Waals surface area contributed by atoms with E-state index >= 15 is 0 Å². The zero-order valence-corrected chi connectivity index (χ0v) is 15.3. The number of carbonyl (C=O) groups is 1. The number of nitrogens with zero attached hydrogens (tertiary/aromatic N) is 1. The number of nitrogens with one attached hydrogen (secondary N) is 1. The third kappa shape index (κ3) is 5.71. The minimum absolute atomic E-state index is 0.135. The van der Waals surface area contributed by atoms with Crippen molar-refractivity contribution in [3.05, 3.63) is 69.4 Å². The molecule has 0 atom stereocenters. The van der Waals surface area contributed by atoms with Crippen molar-refractivity contribution in [1.82, 2.24) is 0 Å². The van der Waals surface area contributed by atoms with Crippen molar-refractivity contribution in [2.75, 3.05) is 19.5 Å². The van der Waals surface area contributed by atoms with Crippen molar-refractivity contribution in [3.8, 4) is 11.5 Å². The van der Waals surface area contributed by atoms with Crippen LogP contribution in [-0.2, 0) is 4.79 Å². The predicted octanol–water partition coefficient (Wildman–Crippen LogP) is 4.08. The molecular weight excluding hydrogens is 348 g/mol. The van der Waals surface area contributed by atoms with Gasteiger partial charge >= 0.3 is 0 Å². The van der Waals surface area contributed by atoms with E-state index in [0.717, 1.165) is 11.8 Å². The molecule has 0 radical (unpaired) electrons. The molecule has 1 N–H and O–H groups in total. The molecule has 0 aliphatic heterocycles. The first-order chi connectivity index (χ1) is 12.9. The summed E-state index contributed by atoms with van der Waals surface area (Å²) in [6.45, 7) is 1.45. The van der Waals surface area contributed by atoms with E-state index in [9.17, 15) is 14.9 Å². The first-order valence-electron chi connectivity index (χ1n) is 8.06. The molecule has 2 rings (SSSR count). The Kier molecular flexibility index (Phi) is 6.71. The Morgan fingerprint density at radius 2 is 1.78 bits per heavy atom. The van der Waals surface area contributed by atoms with Crippen LogP contribution in [0.25, 0.3) is 18.2 Å². The van der Waals surface area contributed by atoms with Crippen LogP contribution in [-0.4, -0.2) is 25.1 Å². The van der Waals surface area contributed by atoms with Gasteiger partial charge in [-0.2, -0.15) is 0 Å². The summed E-state index contributed by atoms with van der Waals surface area (Å²) in [5.74, 6) is 0.905.